The van der Waals surface area contributed by atoms with Gasteiger partial charge in [0.2, 0.25) is 5.88 Å². The summed E-state index contributed by atoms with van der Waals surface area (Å²) in [6.07, 6.45) is 2.36. The molecule has 1 N–H and O–H groups in total. The zero-order valence-electron chi connectivity index (χ0n) is 11.8. The molecule has 0 bridgehead atoms. The number of nitrogens with zero attached hydrogens (tertiary/aromatic N) is 2. The van der Waals surface area contributed by atoms with Crippen molar-refractivity contribution in [3.8, 4) is 17.0 Å². The molecule has 0 atom stereocenters. The van der Waals surface area contributed by atoms with Crippen molar-refractivity contribution in [2.24, 2.45) is 5.92 Å². The summed E-state index contributed by atoms with van der Waals surface area (Å²) < 4.78 is 7.43. The molecule has 112 valence electrons. The lowest BCUT2D eigenvalue weighted by Gasteiger charge is -2.13. The summed E-state index contributed by atoms with van der Waals surface area (Å²) in [5.41, 5.74) is 1.86. The minimum absolute atomic E-state index is 0.310. The summed E-state index contributed by atoms with van der Waals surface area (Å²) in [4.78, 5) is 12.1. The number of H-pyrrole nitrogens is 1. The van der Waals surface area contributed by atoms with Crippen molar-refractivity contribution in [1.82, 2.24) is 14.6 Å². The van der Waals surface area contributed by atoms with Crippen LogP contribution in [0.1, 0.15) is 12.8 Å². The summed E-state index contributed by atoms with van der Waals surface area (Å²) in [7, 11) is 0. The van der Waals surface area contributed by atoms with Gasteiger partial charge in [0.25, 0.3) is 0 Å². The maximum Gasteiger partial charge on any atom is 0.350 e. The van der Waals surface area contributed by atoms with Gasteiger partial charge in [0.05, 0.1) is 6.61 Å². The smallest absolute Gasteiger partial charge is 0.350 e. The van der Waals surface area contributed by atoms with Gasteiger partial charge in [0.1, 0.15) is 0 Å². The Bertz CT molecular complexity index is 896. The summed E-state index contributed by atoms with van der Waals surface area (Å²) in [6.45, 7) is 0.605. The van der Waals surface area contributed by atoms with Crippen molar-refractivity contribution < 1.29 is 4.74 Å². The van der Waals surface area contributed by atoms with E-state index in [1.807, 2.05) is 30.3 Å². The molecule has 1 saturated carbocycles. The van der Waals surface area contributed by atoms with Gasteiger partial charge >= 0.3 is 5.69 Å². The van der Waals surface area contributed by atoms with Gasteiger partial charge in [-0.3, -0.25) is 0 Å². The Morgan fingerprint density at radius 3 is 2.82 bits per heavy atom. The van der Waals surface area contributed by atoms with Crippen LogP contribution in [-0.4, -0.2) is 21.2 Å². The Morgan fingerprint density at radius 2 is 2.05 bits per heavy atom. The van der Waals surface area contributed by atoms with Crippen molar-refractivity contribution in [2.75, 3.05) is 6.61 Å². The Hall–Kier alpha value is -2.27. The van der Waals surface area contributed by atoms with Crippen molar-refractivity contribution in [2.45, 2.75) is 12.8 Å². The number of aromatic nitrogens is 3. The molecule has 0 unspecified atom stereocenters. The first-order valence-corrected chi connectivity index (χ1v) is 7.59. The van der Waals surface area contributed by atoms with E-state index in [0.717, 1.165) is 11.1 Å². The molecule has 0 amide bonds. The lowest BCUT2D eigenvalue weighted by Crippen LogP contribution is -2.14. The highest BCUT2D eigenvalue weighted by molar-refractivity contribution is 6.33. The molecular weight excluding hydrogens is 302 g/mol. The zero-order chi connectivity index (χ0) is 15.1. The van der Waals surface area contributed by atoms with Gasteiger partial charge in [-0.1, -0.05) is 29.8 Å². The molecule has 0 aliphatic heterocycles. The van der Waals surface area contributed by atoms with Crippen LogP contribution in [0.2, 0.25) is 5.02 Å². The molecule has 1 aliphatic rings. The van der Waals surface area contributed by atoms with Crippen LogP contribution in [0.5, 0.6) is 5.88 Å². The molecule has 1 aromatic carbocycles. The maximum atomic E-state index is 12.1. The fourth-order valence-electron chi connectivity index (χ4n) is 2.48. The molecule has 1 aliphatic carbocycles. The first-order valence-electron chi connectivity index (χ1n) is 7.22. The highest BCUT2D eigenvalue weighted by Gasteiger charge is 2.24. The third-order valence-corrected chi connectivity index (χ3v) is 4.18. The number of hydrogen-bond acceptors (Lipinski definition) is 3. The van der Waals surface area contributed by atoms with E-state index in [-0.39, 0.29) is 5.69 Å². The molecule has 5 nitrogen and oxygen atoms in total. The second-order valence-electron chi connectivity index (χ2n) is 5.51. The first kappa shape index (κ1) is 13.4. The third kappa shape index (κ3) is 2.27. The number of hydrogen-bond donors (Lipinski definition) is 1. The van der Waals surface area contributed by atoms with Crippen molar-refractivity contribution in [1.29, 1.82) is 0 Å². The first-order chi connectivity index (χ1) is 10.7. The second kappa shape index (κ2) is 5.18. The van der Waals surface area contributed by atoms with E-state index in [9.17, 15) is 4.79 Å². The Labute approximate surface area is 131 Å². The number of benzene rings is 1. The van der Waals surface area contributed by atoms with E-state index in [2.05, 4.69) is 10.2 Å². The summed E-state index contributed by atoms with van der Waals surface area (Å²) in [5, 5.41) is 7.07. The van der Waals surface area contributed by atoms with E-state index < -0.39 is 0 Å². The molecule has 0 saturated heterocycles. The molecule has 4 rings (SSSR count). The van der Waals surface area contributed by atoms with Crippen molar-refractivity contribution >= 4 is 17.2 Å². The Morgan fingerprint density at radius 1 is 1.23 bits per heavy atom. The molecule has 3 aromatic rings. The average molecular weight is 316 g/mol. The summed E-state index contributed by atoms with van der Waals surface area (Å²) in [5.74, 6) is 1.08. The minimum Gasteiger partial charge on any atom is -0.478 e. The van der Waals surface area contributed by atoms with Crippen LogP contribution in [-0.2, 0) is 0 Å². The SMILES string of the molecule is O=c1[nH]nc2ccc(-c3ccccc3Cl)c(OCC3CC3)n12. The van der Waals surface area contributed by atoms with Gasteiger partial charge in [-0.25, -0.2) is 14.3 Å². The number of rotatable bonds is 4. The van der Waals surface area contributed by atoms with Crippen LogP contribution >= 0.6 is 11.6 Å². The molecule has 22 heavy (non-hydrogen) atoms. The Balaban J connectivity index is 1.92. The quantitative estimate of drug-likeness (QED) is 0.804. The number of halogens is 1. The third-order valence-electron chi connectivity index (χ3n) is 3.85. The zero-order valence-corrected chi connectivity index (χ0v) is 12.5. The minimum atomic E-state index is -0.310. The highest BCUT2D eigenvalue weighted by atomic mass is 35.5. The predicted molar refractivity (Wildman–Crippen MR) is 84.5 cm³/mol. The summed E-state index contributed by atoms with van der Waals surface area (Å²) in [6, 6.07) is 11.2. The lowest BCUT2D eigenvalue weighted by atomic mass is 10.1. The van der Waals surface area contributed by atoms with Gasteiger partial charge < -0.3 is 4.74 Å². The molecule has 2 heterocycles. The van der Waals surface area contributed by atoms with E-state index >= 15 is 0 Å². The number of fused-ring (bicyclic) bond motifs is 1. The van der Waals surface area contributed by atoms with E-state index in [1.54, 1.807) is 6.07 Å². The lowest BCUT2D eigenvalue weighted by molar-refractivity contribution is 0.285. The monoisotopic (exact) mass is 315 g/mol. The van der Waals surface area contributed by atoms with Gasteiger partial charge in [0, 0.05) is 16.1 Å². The molecule has 1 fully saturated rings. The number of aromatic amines is 1. The standard InChI is InChI=1S/C16H14ClN3O2/c17-13-4-2-1-3-11(13)12-7-8-14-18-19-16(21)20(14)15(12)22-9-10-5-6-10/h1-4,7-8,10H,5-6,9H2,(H,19,21). The second-order valence-corrected chi connectivity index (χ2v) is 5.92. The van der Waals surface area contributed by atoms with Gasteiger partial charge in [-0.05, 0) is 37.0 Å². The molecular formula is C16H14ClN3O2. The van der Waals surface area contributed by atoms with Gasteiger partial charge in [-0.15, -0.1) is 0 Å². The van der Waals surface area contributed by atoms with Crippen LogP contribution in [0.15, 0.2) is 41.2 Å². The van der Waals surface area contributed by atoms with Crippen LogP contribution in [0, 0.1) is 5.92 Å². The van der Waals surface area contributed by atoms with Crippen molar-refractivity contribution in [3.05, 3.63) is 51.9 Å². The molecule has 6 heteroatoms. The van der Waals surface area contributed by atoms with Gasteiger partial charge in [0.15, 0.2) is 5.65 Å². The van der Waals surface area contributed by atoms with E-state index in [1.165, 1.54) is 17.2 Å². The number of nitrogens with one attached hydrogen (secondary N) is 1. The predicted octanol–water partition coefficient (Wildman–Crippen LogP) is 3.13. The highest BCUT2D eigenvalue weighted by Crippen LogP contribution is 2.36. The fourth-order valence-corrected chi connectivity index (χ4v) is 2.71. The maximum absolute atomic E-state index is 12.1. The normalized spacial score (nSPS) is 14.4. The molecule has 0 spiro atoms. The Kier molecular flexibility index (Phi) is 3.15. The summed E-state index contributed by atoms with van der Waals surface area (Å²) >= 11 is 6.30. The fraction of sp³-hybridized carbons (Fsp3) is 0.250. The van der Waals surface area contributed by atoms with Crippen LogP contribution < -0.4 is 10.4 Å². The van der Waals surface area contributed by atoms with E-state index in [4.69, 9.17) is 16.3 Å². The van der Waals surface area contributed by atoms with Crippen LogP contribution in [0.3, 0.4) is 0 Å². The largest absolute Gasteiger partial charge is 0.478 e. The number of ether oxygens (including phenoxy) is 1. The topological polar surface area (TPSA) is 59.4 Å². The van der Waals surface area contributed by atoms with Crippen LogP contribution in [0.4, 0.5) is 0 Å². The van der Waals surface area contributed by atoms with Gasteiger partial charge in [-0.2, -0.15) is 5.10 Å². The van der Waals surface area contributed by atoms with Crippen molar-refractivity contribution in [3.63, 3.8) is 0 Å². The van der Waals surface area contributed by atoms with Crippen LogP contribution in [0.25, 0.3) is 16.8 Å². The molecule has 0 radical (unpaired) electrons. The van der Waals surface area contributed by atoms with E-state index in [0.29, 0.717) is 29.1 Å². The average Bonchev–Trinajstić information content (AvgIpc) is 3.28. The molecule has 2 aromatic heterocycles. The number of pyridine rings is 1.